The van der Waals surface area contributed by atoms with Gasteiger partial charge in [0, 0.05) is 16.6 Å². The Balaban J connectivity index is 1.89. The van der Waals surface area contributed by atoms with Crippen molar-refractivity contribution in [1.82, 2.24) is 5.16 Å². The van der Waals surface area contributed by atoms with Gasteiger partial charge in [0.25, 0.3) is 0 Å². The second-order valence-electron chi connectivity index (χ2n) is 4.20. The van der Waals surface area contributed by atoms with Gasteiger partial charge in [-0.2, -0.15) is 0 Å². The lowest BCUT2D eigenvalue weighted by Gasteiger charge is -2.06. The summed E-state index contributed by atoms with van der Waals surface area (Å²) in [5.41, 5.74) is 7.67. The molecule has 0 aliphatic carbocycles. The van der Waals surface area contributed by atoms with E-state index in [0.29, 0.717) is 17.3 Å². The number of nitrogens with one attached hydrogen (secondary N) is 1. The van der Waals surface area contributed by atoms with Crippen molar-refractivity contribution in [3.05, 3.63) is 35.6 Å². The molecule has 1 amide bonds. The Labute approximate surface area is 115 Å². The highest BCUT2D eigenvalue weighted by Gasteiger charge is 2.08. The number of hydrogen-bond acceptors (Lipinski definition) is 5. The first-order chi connectivity index (χ1) is 9.04. The van der Waals surface area contributed by atoms with Crippen LogP contribution in [0.1, 0.15) is 11.3 Å². The van der Waals surface area contributed by atoms with Gasteiger partial charge in [-0.1, -0.05) is 11.2 Å². The molecule has 1 aromatic carbocycles. The lowest BCUT2D eigenvalue weighted by atomic mass is 10.2. The molecule has 0 radical (unpaired) electrons. The number of carbonyl (C=O) groups excluding carboxylic acids is 1. The smallest absolute Gasteiger partial charge is 0.235 e. The number of amides is 1. The summed E-state index contributed by atoms with van der Waals surface area (Å²) in [6.07, 6.45) is 0. The third-order valence-electron chi connectivity index (χ3n) is 2.42. The van der Waals surface area contributed by atoms with E-state index in [2.05, 4.69) is 10.5 Å². The number of nitrogens with two attached hydrogens (primary N) is 1. The summed E-state index contributed by atoms with van der Waals surface area (Å²) in [6, 6.07) is 7.45. The second kappa shape index (κ2) is 5.79. The first kappa shape index (κ1) is 13.5. The molecule has 19 heavy (non-hydrogen) atoms. The minimum Gasteiger partial charge on any atom is -0.398 e. The van der Waals surface area contributed by atoms with Crippen LogP contribution in [0.25, 0.3) is 0 Å². The third-order valence-corrected chi connectivity index (χ3v) is 3.51. The fourth-order valence-corrected chi connectivity index (χ4v) is 2.30. The van der Waals surface area contributed by atoms with Crippen molar-refractivity contribution in [2.24, 2.45) is 0 Å². The first-order valence-electron chi connectivity index (χ1n) is 5.76. The van der Waals surface area contributed by atoms with Crippen LogP contribution in [-0.4, -0.2) is 16.8 Å². The summed E-state index contributed by atoms with van der Waals surface area (Å²) in [4.78, 5) is 12.6. The lowest BCUT2D eigenvalue weighted by molar-refractivity contribution is -0.113. The van der Waals surface area contributed by atoms with Gasteiger partial charge in [-0.15, -0.1) is 11.8 Å². The molecule has 0 bridgehead atoms. The van der Waals surface area contributed by atoms with Gasteiger partial charge in [0.05, 0.1) is 5.75 Å². The van der Waals surface area contributed by atoms with Crippen LogP contribution in [0.3, 0.4) is 0 Å². The minimum absolute atomic E-state index is 0.140. The maximum Gasteiger partial charge on any atom is 0.235 e. The number of anilines is 2. The van der Waals surface area contributed by atoms with Crippen molar-refractivity contribution in [3.8, 4) is 0 Å². The van der Waals surface area contributed by atoms with E-state index >= 15 is 0 Å². The fraction of sp³-hybridized carbons (Fsp3) is 0.231. The Morgan fingerprint density at radius 1 is 1.42 bits per heavy atom. The van der Waals surface area contributed by atoms with Crippen LogP contribution < -0.4 is 11.1 Å². The molecule has 6 heteroatoms. The van der Waals surface area contributed by atoms with Gasteiger partial charge in [0.1, 0.15) is 5.76 Å². The van der Waals surface area contributed by atoms with E-state index in [1.54, 1.807) is 13.0 Å². The summed E-state index contributed by atoms with van der Waals surface area (Å²) in [5.74, 6) is 1.23. The van der Waals surface area contributed by atoms with Crippen LogP contribution in [0.4, 0.5) is 11.5 Å². The van der Waals surface area contributed by atoms with Crippen LogP contribution in [0.15, 0.2) is 33.7 Å². The van der Waals surface area contributed by atoms with Crippen molar-refractivity contribution in [1.29, 1.82) is 0 Å². The van der Waals surface area contributed by atoms with Gasteiger partial charge in [-0.25, -0.2) is 0 Å². The van der Waals surface area contributed by atoms with Crippen molar-refractivity contribution in [2.45, 2.75) is 18.7 Å². The molecule has 2 aromatic rings. The SMILES string of the molecule is Cc1ccc(SCC(=O)Nc2cc(C)on2)c(N)c1. The molecule has 0 saturated carbocycles. The van der Waals surface area contributed by atoms with Crippen LogP contribution in [0.2, 0.25) is 0 Å². The molecular weight excluding hydrogens is 262 g/mol. The number of aryl methyl sites for hydroxylation is 2. The maximum atomic E-state index is 11.7. The van der Waals surface area contributed by atoms with Crippen molar-refractivity contribution in [3.63, 3.8) is 0 Å². The number of nitrogen functional groups attached to an aromatic ring is 1. The number of rotatable bonds is 4. The third kappa shape index (κ3) is 3.75. The molecule has 0 aliphatic rings. The molecule has 0 aliphatic heterocycles. The summed E-state index contributed by atoms with van der Waals surface area (Å²) < 4.78 is 4.87. The maximum absolute atomic E-state index is 11.7. The summed E-state index contributed by atoms with van der Waals surface area (Å²) in [7, 11) is 0. The molecule has 0 fully saturated rings. The predicted octanol–water partition coefficient (Wildman–Crippen LogP) is 2.60. The Bertz CT molecular complexity index is 595. The van der Waals surface area contributed by atoms with E-state index < -0.39 is 0 Å². The molecule has 1 aromatic heterocycles. The Hall–Kier alpha value is -1.95. The Morgan fingerprint density at radius 2 is 2.21 bits per heavy atom. The number of carbonyl (C=O) groups is 1. The van der Waals surface area contributed by atoms with Gasteiger partial charge in [0.15, 0.2) is 5.82 Å². The average Bonchev–Trinajstić information content (AvgIpc) is 2.73. The minimum atomic E-state index is -0.140. The van der Waals surface area contributed by atoms with Crippen LogP contribution >= 0.6 is 11.8 Å². The largest absolute Gasteiger partial charge is 0.398 e. The first-order valence-corrected chi connectivity index (χ1v) is 6.75. The highest BCUT2D eigenvalue weighted by atomic mass is 32.2. The molecule has 2 rings (SSSR count). The molecule has 5 nitrogen and oxygen atoms in total. The number of hydrogen-bond donors (Lipinski definition) is 2. The molecule has 1 heterocycles. The zero-order valence-electron chi connectivity index (χ0n) is 10.8. The van der Waals surface area contributed by atoms with E-state index in [1.165, 1.54) is 11.8 Å². The summed E-state index contributed by atoms with van der Waals surface area (Å²) in [6.45, 7) is 3.74. The quantitative estimate of drug-likeness (QED) is 0.663. The topological polar surface area (TPSA) is 81.2 Å². The highest BCUT2D eigenvalue weighted by Crippen LogP contribution is 2.25. The number of aromatic nitrogens is 1. The van der Waals surface area contributed by atoms with Crippen molar-refractivity contribution < 1.29 is 9.32 Å². The number of thioether (sulfide) groups is 1. The highest BCUT2D eigenvalue weighted by molar-refractivity contribution is 8.00. The van der Waals surface area contributed by atoms with Gasteiger partial charge in [-0.3, -0.25) is 4.79 Å². The summed E-state index contributed by atoms with van der Waals surface area (Å²) in [5, 5.41) is 6.36. The number of nitrogens with zero attached hydrogens (tertiary/aromatic N) is 1. The van der Waals surface area contributed by atoms with Crippen molar-refractivity contribution in [2.75, 3.05) is 16.8 Å². The van der Waals surface area contributed by atoms with E-state index in [-0.39, 0.29) is 11.7 Å². The predicted molar refractivity (Wildman–Crippen MR) is 76.2 cm³/mol. The fourth-order valence-electron chi connectivity index (χ4n) is 1.55. The zero-order valence-corrected chi connectivity index (χ0v) is 11.6. The van der Waals surface area contributed by atoms with Gasteiger partial charge >= 0.3 is 0 Å². The van der Waals surface area contributed by atoms with Crippen LogP contribution in [0, 0.1) is 13.8 Å². The molecule has 0 saturated heterocycles. The number of benzene rings is 1. The van der Waals surface area contributed by atoms with Gasteiger partial charge in [0.2, 0.25) is 5.91 Å². The van der Waals surface area contributed by atoms with Crippen LogP contribution in [0.5, 0.6) is 0 Å². The molecule has 3 N–H and O–H groups in total. The van der Waals surface area contributed by atoms with E-state index in [4.69, 9.17) is 10.3 Å². The summed E-state index contributed by atoms with van der Waals surface area (Å²) >= 11 is 1.39. The second-order valence-corrected chi connectivity index (χ2v) is 5.22. The zero-order chi connectivity index (χ0) is 13.8. The standard InChI is InChI=1S/C13H15N3O2S/c1-8-3-4-11(10(14)5-8)19-7-13(17)15-12-6-9(2)18-16-12/h3-6H,7,14H2,1-2H3,(H,15,16,17). The average molecular weight is 277 g/mol. The monoisotopic (exact) mass is 277 g/mol. The van der Waals surface area contributed by atoms with Gasteiger partial charge in [-0.05, 0) is 31.5 Å². The van der Waals surface area contributed by atoms with Crippen LogP contribution in [-0.2, 0) is 4.79 Å². The lowest BCUT2D eigenvalue weighted by Crippen LogP contribution is -2.14. The molecule has 0 unspecified atom stereocenters. The van der Waals surface area contributed by atoms with Crippen molar-refractivity contribution >= 4 is 29.2 Å². The Kier molecular flexibility index (Phi) is 4.11. The molecular formula is C13H15N3O2S. The Morgan fingerprint density at radius 3 is 2.84 bits per heavy atom. The van der Waals surface area contributed by atoms with E-state index in [0.717, 1.165) is 10.5 Å². The molecule has 0 atom stereocenters. The molecule has 100 valence electrons. The van der Waals surface area contributed by atoms with Gasteiger partial charge < -0.3 is 15.6 Å². The molecule has 0 spiro atoms. The normalized spacial score (nSPS) is 10.4. The van der Waals surface area contributed by atoms with E-state index in [1.807, 2.05) is 25.1 Å². The van der Waals surface area contributed by atoms with E-state index in [9.17, 15) is 4.79 Å².